The number of furan rings is 1. The summed E-state index contributed by atoms with van der Waals surface area (Å²) in [6.07, 6.45) is 3.53. The van der Waals surface area contributed by atoms with E-state index < -0.39 is 0 Å². The number of aryl methyl sites for hydroxylation is 1. The van der Waals surface area contributed by atoms with Crippen molar-refractivity contribution in [2.75, 3.05) is 13.1 Å². The van der Waals surface area contributed by atoms with Gasteiger partial charge in [-0.1, -0.05) is 18.2 Å². The third kappa shape index (κ3) is 4.47. The van der Waals surface area contributed by atoms with E-state index in [2.05, 4.69) is 5.32 Å². The summed E-state index contributed by atoms with van der Waals surface area (Å²) in [7, 11) is 0. The van der Waals surface area contributed by atoms with Crippen LogP contribution in [-0.4, -0.2) is 35.8 Å². The summed E-state index contributed by atoms with van der Waals surface area (Å²) in [5.41, 5.74) is 0.552. The fraction of sp³-hybridized carbons (Fsp3) is 0.368. The number of benzene rings is 1. The number of halogens is 1. The van der Waals surface area contributed by atoms with Crippen molar-refractivity contribution >= 4 is 11.8 Å². The van der Waals surface area contributed by atoms with Gasteiger partial charge in [0.1, 0.15) is 5.82 Å². The highest BCUT2D eigenvalue weighted by molar-refractivity contribution is 5.91. The molecule has 1 aliphatic rings. The first kappa shape index (κ1) is 17.2. The Bertz CT molecular complexity index is 722. The van der Waals surface area contributed by atoms with Gasteiger partial charge in [0.25, 0.3) is 5.91 Å². The number of nitrogens with zero attached hydrogens (tertiary/aromatic N) is 1. The molecule has 0 aliphatic carbocycles. The zero-order chi connectivity index (χ0) is 17.6. The molecule has 132 valence electrons. The largest absolute Gasteiger partial charge is 0.459 e. The predicted molar refractivity (Wildman–Crippen MR) is 90.5 cm³/mol. The Morgan fingerprint density at radius 2 is 1.92 bits per heavy atom. The molecule has 0 unspecified atom stereocenters. The van der Waals surface area contributed by atoms with E-state index in [0.717, 1.165) is 0 Å². The van der Waals surface area contributed by atoms with Gasteiger partial charge in [0.2, 0.25) is 5.91 Å². The van der Waals surface area contributed by atoms with E-state index in [1.54, 1.807) is 35.2 Å². The van der Waals surface area contributed by atoms with E-state index >= 15 is 0 Å². The van der Waals surface area contributed by atoms with Crippen LogP contribution in [0.4, 0.5) is 4.39 Å². The van der Waals surface area contributed by atoms with Crippen LogP contribution in [0.3, 0.4) is 0 Å². The molecule has 0 radical (unpaired) electrons. The Hall–Kier alpha value is -2.63. The third-order valence-electron chi connectivity index (χ3n) is 4.46. The normalized spacial score (nSPS) is 15.2. The summed E-state index contributed by atoms with van der Waals surface area (Å²) in [6.45, 7) is 1.16. The number of piperidine rings is 1. The minimum atomic E-state index is -0.278. The van der Waals surface area contributed by atoms with E-state index in [0.29, 0.717) is 43.7 Å². The standard InChI is InChI=1S/C19H21FN2O3/c20-16-5-2-1-4-14(16)7-8-18(23)21-15-9-11-22(12-10-15)19(24)17-6-3-13-25-17/h1-6,13,15H,7-12H2,(H,21,23). The van der Waals surface area contributed by atoms with Crippen LogP contribution in [0.2, 0.25) is 0 Å². The minimum absolute atomic E-state index is 0.0498. The predicted octanol–water partition coefficient (Wildman–Crippen LogP) is 2.77. The van der Waals surface area contributed by atoms with Crippen LogP contribution in [0.5, 0.6) is 0 Å². The van der Waals surface area contributed by atoms with Crippen LogP contribution >= 0.6 is 0 Å². The number of carbonyl (C=O) groups is 2. The highest BCUT2D eigenvalue weighted by atomic mass is 19.1. The number of rotatable bonds is 5. The van der Waals surface area contributed by atoms with Crippen molar-refractivity contribution in [2.45, 2.75) is 31.7 Å². The van der Waals surface area contributed by atoms with E-state index in [1.165, 1.54) is 12.3 Å². The Morgan fingerprint density at radius 3 is 2.60 bits per heavy atom. The molecule has 0 atom stereocenters. The molecular formula is C19H21FN2O3. The maximum absolute atomic E-state index is 13.6. The van der Waals surface area contributed by atoms with Gasteiger partial charge in [-0.05, 0) is 43.0 Å². The highest BCUT2D eigenvalue weighted by Gasteiger charge is 2.25. The summed E-state index contributed by atoms with van der Waals surface area (Å²) in [5, 5.41) is 2.98. The van der Waals surface area contributed by atoms with Crippen molar-refractivity contribution in [3.63, 3.8) is 0 Å². The van der Waals surface area contributed by atoms with Crippen LogP contribution in [-0.2, 0) is 11.2 Å². The number of likely N-dealkylation sites (tertiary alicyclic amines) is 1. The second kappa shape index (κ2) is 7.96. The monoisotopic (exact) mass is 344 g/mol. The van der Waals surface area contributed by atoms with Crippen LogP contribution < -0.4 is 5.32 Å². The number of nitrogens with one attached hydrogen (secondary N) is 1. The van der Waals surface area contributed by atoms with Gasteiger partial charge in [-0.25, -0.2) is 4.39 Å². The average Bonchev–Trinajstić information content (AvgIpc) is 3.16. The van der Waals surface area contributed by atoms with E-state index in [-0.39, 0.29) is 30.1 Å². The molecule has 2 amide bonds. The Balaban J connectivity index is 1.42. The molecule has 2 aromatic rings. The fourth-order valence-corrected chi connectivity index (χ4v) is 3.03. The van der Waals surface area contributed by atoms with Crippen LogP contribution in [0.1, 0.15) is 35.4 Å². The zero-order valence-corrected chi connectivity index (χ0v) is 13.9. The van der Waals surface area contributed by atoms with Gasteiger partial charge in [-0.15, -0.1) is 0 Å². The molecule has 0 bridgehead atoms. The average molecular weight is 344 g/mol. The summed E-state index contributed by atoms with van der Waals surface area (Å²) in [4.78, 5) is 26.0. The highest BCUT2D eigenvalue weighted by Crippen LogP contribution is 2.15. The van der Waals surface area contributed by atoms with Crippen LogP contribution in [0.25, 0.3) is 0 Å². The Kier molecular flexibility index (Phi) is 5.48. The fourth-order valence-electron chi connectivity index (χ4n) is 3.03. The molecule has 3 rings (SSSR count). The number of amides is 2. The lowest BCUT2D eigenvalue weighted by atomic mass is 10.0. The maximum atomic E-state index is 13.6. The van der Waals surface area contributed by atoms with Gasteiger partial charge in [-0.3, -0.25) is 9.59 Å². The quantitative estimate of drug-likeness (QED) is 0.907. The molecule has 1 aromatic heterocycles. The van der Waals surface area contributed by atoms with Crippen LogP contribution in [0, 0.1) is 5.82 Å². The van der Waals surface area contributed by atoms with Crippen molar-refractivity contribution in [1.82, 2.24) is 10.2 Å². The van der Waals surface area contributed by atoms with Crippen molar-refractivity contribution in [3.8, 4) is 0 Å². The molecular weight excluding hydrogens is 323 g/mol. The van der Waals surface area contributed by atoms with Crippen LogP contribution in [0.15, 0.2) is 47.1 Å². The van der Waals surface area contributed by atoms with Crippen molar-refractivity contribution in [1.29, 1.82) is 0 Å². The zero-order valence-electron chi connectivity index (χ0n) is 13.9. The number of hydrogen-bond donors (Lipinski definition) is 1. The maximum Gasteiger partial charge on any atom is 0.289 e. The van der Waals surface area contributed by atoms with E-state index in [9.17, 15) is 14.0 Å². The van der Waals surface area contributed by atoms with Gasteiger partial charge < -0.3 is 14.6 Å². The second-order valence-electron chi connectivity index (χ2n) is 6.20. The molecule has 6 heteroatoms. The summed E-state index contributed by atoms with van der Waals surface area (Å²) in [5.74, 6) is -0.138. The summed E-state index contributed by atoms with van der Waals surface area (Å²) < 4.78 is 18.7. The molecule has 1 N–H and O–H groups in total. The molecule has 0 spiro atoms. The first-order chi connectivity index (χ1) is 12.1. The van der Waals surface area contributed by atoms with Gasteiger partial charge >= 0.3 is 0 Å². The third-order valence-corrected chi connectivity index (χ3v) is 4.46. The molecule has 1 fully saturated rings. The first-order valence-corrected chi connectivity index (χ1v) is 8.49. The molecule has 25 heavy (non-hydrogen) atoms. The minimum Gasteiger partial charge on any atom is -0.459 e. The summed E-state index contributed by atoms with van der Waals surface area (Å²) >= 11 is 0. The SMILES string of the molecule is O=C(CCc1ccccc1F)NC1CCN(C(=O)c2ccco2)CC1. The van der Waals surface area contributed by atoms with Crippen molar-refractivity contribution in [3.05, 3.63) is 59.8 Å². The van der Waals surface area contributed by atoms with Gasteiger partial charge in [0.05, 0.1) is 6.26 Å². The molecule has 5 nitrogen and oxygen atoms in total. The molecule has 1 aromatic carbocycles. The first-order valence-electron chi connectivity index (χ1n) is 8.49. The van der Waals surface area contributed by atoms with Gasteiger partial charge in [-0.2, -0.15) is 0 Å². The Labute approximate surface area is 145 Å². The van der Waals surface area contributed by atoms with E-state index in [4.69, 9.17) is 4.42 Å². The smallest absolute Gasteiger partial charge is 0.289 e. The van der Waals surface area contributed by atoms with Gasteiger partial charge in [0.15, 0.2) is 5.76 Å². The molecule has 2 heterocycles. The van der Waals surface area contributed by atoms with E-state index in [1.807, 2.05) is 0 Å². The molecule has 1 saturated heterocycles. The lowest BCUT2D eigenvalue weighted by Gasteiger charge is -2.31. The second-order valence-corrected chi connectivity index (χ2v) is 6.20. The number of carbonyl (C=O) groups excluding carboxylic acids is 2. The molecule has 0 saturated carbocycles. The number of hydrogen-bond acceptors (Lipinski definition) is 3. The van der Waals surface area contributed by atoms with Gasteiger partial charge in [0, 0.05) is 25.6 Å². The van der Waals surface area contributed by atoms with Crippen molar-refractivity contribution < 1.29 is 18.4 Å². The molecule has 1 aliphatic heterocycles. The lowest BCUT2D eigenvalue weighted by molar-refractivity contribution is -0.122. The lowest BCUT2D eigenvalue weighted by Crippen LogP contribution is -2.46. The Morgan fingerprint density at radius 1 is 1.16 bits per heavy atom. The summed E-state index contributed by atoms with van der Waals surface area (Å²) in [6, 6.07) is 9.89. The van der Waals surface area contributed by atoms with Crippen molar-refractivity contribution in [2.24, 2.45) is 0 Å². The topological polar surface area (TPSA) is 62.6 Å².